The van der Waals surface area contributed by atoms with E-state index in [9.17, 15) is 0 Å². The molecule has 2 rings (SSSR count). The molecule has 0 bridgehead atoms. The molecule has 1 aromatic carbocycles. The number of nitrogens with zero attached hydrogens (tertiary/aromatic N) is 2. The highest BCUT2D eigenvalue weighted by molar-refractivity contribution is 7.35. The van der Waals surface area contributed by atoms with Crippen molar-refractivity contribution in [3.8, 4) is 0 Å². The van der Waals surface area contributed by atoms with E-state index in [1.165, 1.54) is 5.56 Å². The van der Waals surface area contributed by atoms with Gasteiger partial charge in [0.1, 0.15) is 10.7 Å². The summed E-state index contributed by atoms with van der Waals surface area (Å²) >= 11 is 0. The van der Waals surface area contributed by atoms with Crippen LogP contribution in [0.2, 0.25) is 0 Å². The molecule has 0 radical (unpaired) electrons. The van der Waals surface area contributed by atoms with Gasteiger partial charge in [-0.15, -0.1) is 4.72 Å². The molecule has 0 spiro atoms. The Morgan fingerprint density at radius 1 is 1.19 bits per heavy atom. The van der Waals surface area contributed by atoms with Crippen LogP contribution in [-0.2, 0) is 12.8 Å². The lowest BCUT2D eigenvalue weighted by Crippen LogP contribution is -1.96. The standard InChI is InChI=1S/C11H15N4S/c1-13-16-10(14-15-11(16)12)8-7-9-5-3-2-4-6-9/h2-6,13H,7-8H2,1H3,(H2,12,15)/q+1. The molecule has 0 amide bonds. The molecule has 1 unspecified atom stereocenters. The number of anilines is 1. The van der Waals surface area contributed by atoms with E-state index < -0.39 is 0 Å². The fourth-order valence-corrected chi connectivity index (χ4v) is 2.82. The second-order valence-corrected chi connectivity index (χ2v) is 5.34. The summed E-state index contributed by atoms with van der Waals surface area (Å²) in [6, 6.07) is 10.4. The van der Waals surface area contributed by atoms with Crippen molar-refractivity contribution in [2.75, 3.05) is 17.5 Å². The maximum atomic E-state index is 5.73. The Kier molecular flexibility index (Phi) is 3.48. The topological polar surface area (TPSA) is 63.8 Å². The Morgan fingerprint density at radius 2 is 1.94 bits per heavy atom. The number of aryl methyl sites for hydroxylation is 2. The molecule has 0 aliphatic carbocycles. The van der Waals surface area contributed by atoms with Gasteiger partial charge in [-0.1, -0.05) is 40.5 Å². The summed E-state index contributed by atoms with van der Waals surface area (Å²) in [6.45, 7) is 0. The van der Waals surface area contributed by atoms with Crippen LogP contribution in [0.4, 0.5) is 5.13 Å². The van der Waals surface area contributed by atoms with Crippen LogP contribution in [0.1, 0.15) is 10.6 Å². The van der Waals surface area contributed by atoms with E-state index in [1.54, 1.807) is 0 Å². The molecule has 3 N–H and O–H groups in total. The smallest absolute Gasteiger partial charge is 0.336 e. The van der Waals surface area contributed by atoms with Crippen molar-refractivity contribution >= 4 is 15.8 Å². The molecule has 0 fully saturated rings. The van der Waals surface area contributed by atoms with Gasteiger partial charge < -0.3 is 5.73 Å². The first-order valence-corrected chi connectivity index (χ1v) is 6.39. The predicted octanol–water partition coefficient (Wildman–Crippen LogP) is 1.77. The lowest BCUT2D eigenvalue weighted by molar-refractivity contribution is 0.905. The SMILES string of the molecule is CN[s+]1c(N)nnc1CCc1ccccc1. The first-order valence-electron chi connectivity index (χ1n) is 5.17. The zero-order valence-electron chi connectivity index (χ0n) is 9.18. The molecule has 0 saturated heterocycles. The number of hydrogen-bond acceptors (Lipinski definition) is 4. The normalized spacial score (nSPS) is 11.7. The second-order valence-electron chi connectivity index (χ2n) is 3.43. The lowest BCUT2D eigenvalue weighted by Gasteiger charge is -1.96. The Balaban J connectivity index is 2.05. The van der Waals surface area contributed by atoms with Crippen LogP contribution in [0.5, 0.6) is 0 Å². The molecule has 1 heterocycles. The maximum Gasteiger partial charge on any atom is 0.379 e. The molecule has 2 aromatic rings. The average molecular weight is 235 g/mol. The number of aromatic nitrogens is 2. The molecule has 0 aliphatic rings. The van der Waals surface area contributed by atoms with E-state index in [2.05, 4.69) is 39.2 Å². The number of nitrogens with one attached hydrogen (secondary N) is 1. The molecule has 5 heteroatoms. The molecule has 16 heavy (non-hydrogen) atoms. The molecule has 0 saturated carbocycles. The highest BCUT2D eigenvalue weighted by Crippen LogP contribution is 2.25. The van der Waals surface area contributed by atoms with Crippen molar-refractivity contribution in [2.45, 2.75) is 12.8 Å². The molecule has 1 aromatic heterocycles. The summed E-state index contributed by atoms with van der Waals surface area (Å²) < 4.78 is 3.14. The van der Waals surface area contributed by atoms with Crippen LogP contribution >= 0.6 is 10.7 Å². The van der Waals surface area contributed by atoms with E-state index in [4.69, 9.17) is 5.73 Å². The van der Waals surface area contributed by atoms with E-state index >= 15 is 0 Å². The summed E-state index contributed by atoms with van der Waals surface area (Å²) in [7, 11) is 1.62. The van der Waals surface area contributed by atoms with Crippen LogP contribution in [0.3, 0.4) is 0 Å². The van der Waals surface area contributed by atoms with Crippen molar-refractivity contribution in [3.63, 3.8) is 0 Å². The number of hydrogen-bond donors (Lipinski definition) is 2. The van der Waals surface area contributed by atoms with Gasteiger partial charge in [0.05, 0.1) is 0 Å². The van der Waals surface area contributed by atoms with Gasteiger partial charge in [-0.3, -0.25) is 0 Å². The van der Waals surface area contributed by atoms with Crippen molar-refractivity contribution in [3.05, 3.63) is 40.9 Å². The van der Waals surface area contributed by atoms with E-state index in [1.807, 2.05) is 13.1 Å². The minimum absolute atomic E-state index is 0.263. The van der Waals surface area contributed by atoms with Gasteiger partial charge in [0.2, 0.25) is 0 Å². The monoisotopic (exact) mass is 235 g/mol. The zero-order valence-corrected chi connectivity index (χ0v) is 10.00. The first kappa shape index (κ1) is 11.0. The fourth-order valence-electron chi connectivity index (χ4n) is 1.58. The van der Waals surface area contributed by atoms with Crippen LogP contribution < -0.4 is 10.5 Å². The van der Waals surface area contributed by atoms with Crippen LogP contribution in [-0.4, -0.2) is 17.2 Å². The number of benzene rings is 1. The van der Waals surface area contributed by atoms with Gasteiger partial charge in [-0.05, 0) is 12.0 Å². The average Bonchev–Trinajstić information content (AvgIpc) is 2.68. The van der Waals surface area contributed by atoms with Gasteiger partial charge in [0, 0.05) is 13.5 Å². The Bertz CT molecular complexity index is 452. The van der Waals surface area contributed by atoms with Gasteiger partial charge in [0.15, 0.2) is 0 Å². The van der Waals surface area contributed by atoms with Crippen molar-refractivity contribution < 1.29 is 0 Å². The maximum absolute atomic E-state index is 5.73. The van der Waals surface area contributed by atoms with Crippen molar-refractivity contribution in [1.82, 2.24) is 10.2 Å². The number of rotatable bonds is 4. The number of nitrogen functional groups attached to an aromatic ring is 1. The van der Waals surface area contributed by atoms with E-state index in [0.717, 1.165) is 17.8 Å². The molecule has 4 nitrogen and oxygen atoms in total. The van der Waals surface area contributed by atoms with Crippen LogP contribution in [0.25, 0.3) is 0 Å². The first-order chi connectivity index (χ1) is 7.81. The summed E-state index contributed by atoms with van der Waals surface area (Å²) in [5, 5.41) is 9.66. The van der Waals surface area contributed by atoms with Gasteiger partial charge in [-0.25, -0.2) is 0 Å². The van der Waals surface area contributed by atoms with Crippen molar-refractivity contribution in [1.29, 1.82) is 0 Å². The Hall–Kier alpha value is -1.46. The Labute approximate surface area is 97.6 Å². The van der Waals surface area contributed by atoms with E-state index in [-0.39, 0.29) is 10.7 Å². The molecule has 0 aliphatic heterocycles. The van der Waals surface area contributed by atoms with Crippen molar-refractivity contribution in [2.24, 2.45) is 0 Å². The van der Waals surface area contributed by atoms with Crippen LogP contribution in [0, 0.1) is 0 Å². The minimum Gasteiger partial charge on any atom is -0.336 e. The quantitative estimate of drug-likeness (QED) is 0.793. The van der Waals surface area contributed by atoms with Crippen LogP contribution in [0.15, 0.2) is 30.3 Å². The molecule has 1 atom stereocenters. The second kappa shape index (κ2) is 5.05. The molecular weight excluding hydrogens is 220 g/mol. The van der Waals surface area contributed by atoms with E-state index in [0.29, 0.717) is 5.13 Å². The third-order valence-corrected chi connectivity index (χ3v) is 4.04. The van der Waals surface area contributed by atoms with Gasteiger partial charge in [0.25, 0.3) is 5.01 Å². The third-order valence-electron chi connectivity index (χ3n) is 2.38. The summed E-state index contributed by atoms with van der Waals surface area (Å²) in [6.07, 6.45) is 1.88. The predicted molar refractivity (Wildman–Crippen MR) is 68.1 cm³/mol. The third kappa shape index (κ3) is 2.37. The fraction of sp³-hybridized carbons (Fsp3) is 0.273. The summed E-state index contributed by atoms with van der Waals surface area (Å²) in [5.41, 5.74) is 7.05. The summed E-state index contributed by atoms with van der Waals surface area (Å²) in [5.74, 6) is 0. The van der Waals surface area contributed by atoms with Gasteiger partial charge >= 0.3 is 5.13 Å². The highest BCUT2D eigenvalue weighted by atomic mass is 32.2. The van der Waals surface area contributed by atoms with Gasteiger partial charge in [-0.2, -0.15) is 0 Å². The lowest BCUT2D eigenvalue weighted by atomic mass is 10.1. The Morgan fingerprint density at radius 3 is 2.62 bits per heavy atom. The summed E-state index contributed by atoms with van der Waals surface area (Å²) in [4.78, 5) is 0. The zero-order chi connectivity index (χ0) is 11.4. The number of nitrogens with two attached hydrogens (primary N) is 1. The largest absolute Gasteiger partial charge is 0.379 e. The highest BCUT2D eigenvalue weighted by Gasteiger charge is 2.21. The minimum atomic E-state index is -0.263. The molecule has 84 valence electrons. The molecular formula is C11H15N4S+.